The normalized spacial score (nSPS) is 11.9. The number of nitrogens with zero attached hydrogens (tertiary/aromatic N) is 1. The summed E-state index contributed by atoms with van der Waals surface area (Å²) in [7, 11) is -2.19. The molecule has 3 N–H and O–H groups in total. The van der Waals surface area contributed by atoms with Crippen molar-refractivity contribution in [2.45, 2.75) is 38.1 Å². The lowest BCUT2D eigenvalue weighted by Gasteiger charge is -2.20. The second-order valence-electron chi connectivity index (χ2n) is 8.15. The van der Waals surface area contributed by atoms with E-state index < -0.39 is 21.5 Å². The second-order valence-corrected chi connectivity index (χ2v) is 9.84. The zero-order valence-electron chi connectivity index (χ0n) is 18.1. The molecule has 8 nitrogen and oxygen atoms in total. The summed E-state index contributed by atoms with van der Waals surface area (Å²) in [5, 5.41) is 9.73. The summed E-state index contributed by atoms with van der Waals surface area (Å²) in [6.45, 7) is 7.00. The van der Waals surface area contributed by atoms with Crippen molar-refractivity contribution >= 4 is 21.7 Å². The number of anilines is 1. The molecular weight excluding hydrogens is 416 g/mol. The maximum Gasteiger partial charge on any atom is 0.257 e. The first-order valence-corrected chi connectivity index (χ1v) is 11.1. The van der Waals surface area contributed by atoms with Gasteiger partial charge in [0, 0.05) is 22.7 Å². The molecule has 1 aromatic heterocycles. The average Bonchev–Trinajstić information content (AvgIpc) is 3.14. The fraction of sp³-hybridized carbons (Fsp3) is 0.273. The minimum atomic E-state index is -3.77. The number of benzene rings is 2. The molecule has 0 aliphatic rings. The molecule has 0 saturated heterocycles. The highest BCUT2D eigenvalue weighted by atomic mass is 32.2. The van der Waals surface area contributed by atoms with Crippen LogP contribution in [0.3, 0.4) is 0 Å². The number of methoxy groups -OCH3 is 1. The number of para-hydroxylation sites is 1. The number of rotatable bonds is 6. The van der Waals surface area contributed by atoms with E-state index in [4.69, 9.17) is 4.74 Å². The van der Waals surface area contributed by atoms with Gasteiger partial charge in [0.1, 0.15) is 5.75 Å². The highest BCUT2D eigenvalue weighted by Crippen LogP contribution is 2.29. The monoisotopic (exact) mass is 442 g/mol. The molecule has 1 heterocycles. The fourth-order valence-electron chi connectivity index (χ4n) is 3.05. The molecule has 0 saturated carbocycles. The maximum absolute atomic E-state index is 12.9. The first-order valence-electron chi connectivity index (χ1n) is 9.65. The molecule has 0 spiro atoms. The van der Waals surface area contributed by atoms with Crippen molar-refractivity contribution < 1.29 is 17.9 Å². The molecule has 1 amide bonds. The Morgan fingerprint density at radius 3 is 2.48 bits per heavy atom. The number of hydrogen-bond acceptors (Lipinski definition) is 5. The SMILES string of the molecule is COc1ccccc1-c1cc(NC(=O)c2cc(S(=O)(=O)NC(C)(C)C)ccc2C)n[nH]1. The lowest BCUT2D eigenvalue weighted by atomic mass is 10.1. The van der Waals surface area contributed by atoms with E-state index in [0.717, 1.165) is 5.56 Å². The van der Waals surface area contributed by atoms with Gasteiger partial charge in [0.25, 0.3) is 5.91 Å². The Hall–Kier alpha value is -3.17. The van der Waals surface area contributed by atoms with E-state index in [1.54, 1.807) is 46.9 Å². The standard InChI is InChI=1S/C22H26N4O4S/c1-14-10-11-15(31(28,29)26-22(2,3)4)12-17(14)21(27)23-20-13-18(24-25-20)16-8-6-7-9-19(16)30-5/h6-13,26H,1-5H3,(H2,23,24,25,27). The smallest absolute Gasteiger partial charge is 0.257 e. The highest BCUT2D eigenvalue weighted by Gasteiger charge is 2.24. The molecular formula is C22H26N4O4S. The zero-order chi connectivity index (χ0) is 22.8. The molecule has 9 heteroatoms. The van der Waals surface area contributed by atoms with Crippen molar-refractivity contribution in [3.05, 3.63) is 59.7 Å². The van der Waals surface area contributed by atoms with Gasteiger partial charge >= 0.3 is 0 Å². The third-order valence-electron chi connectivity index (χ3n) is 4.42. The summed E-state index contributed by atoms with van der Waals surface area (Å²) in [4.78, 5) is 12.9. The minimum absolute atomic E-state index is 0.0231. The third-order valence-corrected chi connectivity index (χ3v) is 6.18. The van der Waals surface area contributed by atoms with Crippen LogP contribution in [0, 0.1) is 6.92 Å². The molecule has 164 valence electrons. The second kappa shape index (κ2) is 8.52. The first-order chi connectivity index (χ1) is 14.5. The van der Waals surface area contributed by atoms with Gasteiger partial charge in [0.15, 0.2) is 5.82 Å². The zero-order valence-corrected chi connectivity index (χ0v) is 18.9. The van der Waals surface area contributed by atoms with E-state index in [0.29, 0.717) is 22.8 Å². The third kappa shape index (κ3) is 5.31. The average molecular weight is 443 g/mol. The van der Waals surface area contributed by atoms with E-state index in [-0.39, 0.29) is 10.5 Å². The number of sulfonamides is 1. The van der Waals surface area contributed by atoms with Crippen LogP contribution in [0.1, 0.15) is 36.7 Å². The van der Waals surface area contributed by atoms with Gasteiger partial charge in [-0.1, -0.05) is 18.2 Å². The van der Waals surface area contributed by atoms with E-state index in [1.807, 2.05) is 24.3 Å². The summed E-state index contributed by atoms with van der Waals surface area (Å²) < 4.78 is 33.2. The first kappa shape index (κ1) is 22.5. The van der Waals surface area contributed by atoms with Crippen molar-refractivity contribution in [1.82, 2.24) is 14.9 Å². The summed E-state index contributed by atoms with van der Waals surface area (Å²) in [5.74, 6) is 0.527. The van der Waals surface area contributed by atoms with Crippen molar-refractivity contribution in [3.63, 3.8) is 0 Å². The molecule has 0 bridgehead atoms. The molecule has 0 atom stereocenters. The minimum Gasteiger partial charge on any atom is -0.496 e. The van der Waals surface area contributed by atoms with Gasteiger partial charge in [-0.05, 0) is 57.5 Å². The number of H-pyrrole nitrogens is 1. The molecule has 0 fully saturated rings. The summed E-state index contributed by atoms with van der Waals surface area (Å²) in [6, 6.07) is 13.6. The van der Waals surface area contributed by atoms with Crippen LogP contribution < -0.4 is 14.8 Å². The van der Waals surface area contributed by atoms with Gasteiger partial charge in [-0.2, -0.15) is 5.10 Å². The van der Waals surface area contributed by atoms with Gasteiger partial charge in [-0.25, -0.2) is 13.1 Å². The van der Waals surface area contributed by atoms with Crippen molar-refractivity contribution in [1.29, 1.82) is 0 Å². The van der Waals surface area contributed by atoms with Crippen LogP contribution in [0.4, 0.5) is 5.82 Å². The maximum atomic E-state index is 12.9. The molecule has 2 aromatic carbocycles. The highest BCUT2D eigenvalue weighted by molar-refractivity contribution is 7.89. The number of aryl methyl sites for hydroxylation is 1. The Kier molecular flexibility index (Phi) is 6.19. The van der Waals surface area contributed by atoms with Gasteiger partial charge in [-0.3, -0.25) is 9.89 Å². The van der Waals surface area contributed by atoms with E-state index in [9.17, 15) is 13.2 Å². The summed E-state index contributed by atoms with van der Waals surface area (Å²) >= 11 is 0. The molecule has 31 heavy (non-hydrogen) atoms. The number of ether oxygens (including phenoxy) is 1. The Morgan fingerprint density at radius 2 is 1.81 bits per heavy atom. The quantitative estimate of drug-likeness (QED) is 0.538. The molecule has 0 unspecified atom stereocenters. The largest absolute Gasteiger partial charge is 0.496 e. The lowest BCUT2D eigenvalue weighted by Crippen LogP contribution is -2.40. The van der Waals surface area contributed by atoms with E-state index in [2.05, 4.69) is 20.2 Å². The van der Waals surface area contributed by atoms with Gasteiger partial charge < -0.3 is 10.1 Å². The number of carbonyl (C=O) groups excluding carboxylic acids is 1. The predicted molar refractivity (Wildman–Crippen MR) is 120 cm³/mol. The number of nitrogens with one attached hydrogen (secondary N) is 3. The molecule has 0 aliphatic heterocycles. The van der Waals surface area contributed by atoms with Crippen LogP contribution in [0.2, 0.25) is 0 Å². The molecule has 3 rings (SSSR count). The fourth-order valence-corrected chi connectivity index (χ4v) is 4.49. The predicted octanol–water partition coefficient (Wildman–Crippen LogP) is 3.72. The number of aromatic amines is 1. The van der Waals surface area contributed by atoms with Gasteiger partial charge in [0.05, 0.1) is 17.7 Å². The Bertz CT molecular complexity index is 1210. The summed E-state index contributed by atoms with van der Waals surface area (Å²) in [5.41, 5.74) is 1.73. The number of carbonyl (C=O) groups is 1. The number of amides is 1. The van der Waals surface area contributed by atoms with Crippen LogP contribution in [-0.4, -0.2) is 37.2 Å². The molecule has 0 aliphatic carbocycles. The Labute approximate surface area is 182 Å². The topological polar surface area (TPSA) is 113 Å². The Balaban J connectivity index is 1.85. The van der Waals surface area contributed by atoms with Gasteiger partial charge in [0.2, 0.25) is 10.0 Å². The lowest BCUT2D eigenvalue weighted by molar-refractivity contribution is 0.102. The van der Waals surface area contributed by atoms with Crippen molar-refractivity contribution in [3.8, 4) is 17.0 Å². The van der Waals surface area contributed by atoms with Gasteiger partial charge in [-0.15, -0.1) is 0 Å². The Morgan fingerprint density at radius 1 is 1.10 bits per heavy atom. The van der Waals surface area contributed by atoms with E-state index in [1.165, 1.54) is 12.1 Å². The van der Waals surface area contributed by atoms with Crippen LogP contribution in [-0.2, 0) is 10.0 Å². The van der Waals surface area contributed by atoms with Crippen LogP contribution in [0.15, 0.2) is 53.4 Å². The number of hydrogen-bond donors (Lipinski definition) is 3. The van der Waals surface area contributed by atoms with Crippen LogP contribution >= 0.6 is 0 Å². The van der Waals surface area contributed by atoms with Crippen molar-refractivity contribution in [2.24, 2.45) is 0 Å². The van der Waals surface area contributed by atoms with Crippen molar-refractivity contribution in [2.75, 3.05) is 12.4 Å². The van der Waals surface area contributed by atoms with Crippen LogP contribution in [0.5, 0.6) is 5.75 Å². The molecule has 3 aromatic rings. The van der Waals surface area contributed by atoms with Crippen LogP contribution in [0.25, 0.3) is 11.3 Å². The number of aromatic nitrogens is 2. The van der Waals surface area contributed by atoms with E-state index >= 15 is 0 Å². The molecule has 0 radical (unpaired) electrons. The summed E-state index contributed by atoms with van der Waals surface area (Å²) in [6.07, 6.45) is 0.